The molecule has 128 valence electrons. The summed E-state index contributed by atoms with van der Waals surface area (Å²) in [7, 11) is 0. The van der Waals surface area contributed by atoms with Gasteiger partial charge in [0.15, 0.2) is 11.5 Å². The van der Waals surface area contributed by atoms with E-state index in [9.17, 15) is 0 Å². The lowest BCUT2D eigenvalue weighted by Crippen LogP contribution is -2.18. The van der Waals surface area contributed by atoms with Crippen LogP contribution >= 0.6 is 0 Å². The lowest BCUT2D eigenvalue weighted by Gasteiger charge is -2.16. The Morgan fingerprint density at radius 3 is 2.84 bits per heavy atom. The Bertz CT molecular complexity index is 875. The molecule has 2 aromatic carbocycles. The number of hydrogen-bond acceptors (Lipinski definition) is 4. The first kappa shape index (κ1) is 15.7. The van der Waals surface area contributed by atoms with E-state index in [2.05, 4.69) is 54.5 Å². The molecule has 0 fully saturated rings. The van der Waals surface area contributed by atoms with E-state index in [-0.39, 0.29) is 6.04 Å². The van der Waals surface area contributed by atoms with Gasteiger partial charge in [-0.15, -0.1) is 0 Å². The summed E-state index contributed by atoms with van der Waals surface area (Å²) >= 11 is 0. The van der Waals surface area contributed by atoms with E-state index < -0.39 is 0 Å². The van der Waals surface area contributed by atoms with E-state index >= 15 is 0 Å². The van der Waals surface area contributed by atoms with Crippen molar-refractivity contribution in [2.24, 2.45) is 0 Å². The number of benzene rings is 2. The number of nitrogens with one attached hydrogen (secondary N) is 1. The van der Waals surface area contributed by atoms with Crippen LogP contribution in [0.1, 0.15) is 29.7 Å². The normalized spacial score (nSPS) is 13.8. The summed E-state index contributed by atoms with van der Waals surface area (Å²) in [6.45, 7) is 5.42. The Balaban J connectivity index is 1.44. The first-order valence-corrected chi connectivity index (χ1v) is 8.41. The van der Waals surface area contributed by atoms with Gasteiger partial charge in [-0.25, -0.2) is 4.98 Å². The van der Waals surface area contributed by atoms with Crippen LogP contribution in [-0.2, 0) is 6.54 Å². The number of rotatable bonds is 5. The average Bonchev–Trinajstić information content (AvgIpc) is 3.31. The van der Waals surface area contributed by atoms with Crippen LogP contribution in [0.15, 0.2) is 55.1 Å². The molecule has 0 spiro atoms. The van der Waals surface area contributed by atoms with Gasteiger partial charge in [-0.05, 0) is 54.8 Å². The summed E-state index contributed by atoms with van der Waals surface area (Å²) in [5, 5.41) is 3.59. The molecule has 1 atom stereocenters. The van der Waals surface area contributed by atoms with E-state index in [0.717, 1.165) is 23.7 Å². The van der Waals surface area contributed by atoms with Gasteiger partial charge in [-0.1, -0.05) is 12.1 Å². The molecule has 2 heterocycles. The second kappa shape index (κ2) is 6.61. The van der Waals surface area contributed by atoms with Crippen molar-refractivity contribution in [1.82, 2.24) is 14.9 Å². The molecule has 5 heteroatoms. The van der Waals surface area contributed by atoms with E-state index in [0.29, 0.717) is 6.79 Å². The van der Waals surface area contributed by atoms with E-state index in [1.807, 2.05) is 23.2 Å². The molecule has 0 aliphatic carbocycles. The van der Waals surface area contributed by atoms with Crippen molar-refractivity contribution in [1.29, 1.82) is 0 Å². The van der Waals surface area contributed by atoms with Crippen LogP contribution in [0.3, 0.4) is 0 Å². The van der Waals surface area contributed by atoms with Gasteiger partial charge in [-0.3, -0.25) is 0 Å². The molecule has 1 aliphatic heterocycles. The van der Waals surface area contributed by atoms with Crippen LogP contribution in [0.25, 0.3) is 5.69 Å². The molecule has 0 saturated heterocycles. The number of ether oxygens (including phenoxy) is 2. The fourth-order valence-electron chi connectivity index (χ4n) is 3.01. The molecule has 25 heavy (non-hydrogen) atoms. The average molecular weight is 335 g/mol. The van der Waals surface area contributed by atoms with Gasteiger partial charge < -0.3 is 19.4 Å². The fourth-order valence-corrected chi connectivity index (χ4v) is 3.01. The number of aromatic nitrogens is 2. The molecule has 1 unspecified atom stereocenters. The molecule has 4 rings (SSSR count). The Morgan fingerprint density at radius 1 is 1.16 bits per heavy atom. The zero-order chi connectivity index (χ0) is 17.2. The highest BCUT2D eigenvalue weighted by Crippen LogP contribution is 2.34. The first-order chi connectivity index (χ1) is 12.2. The number of hydrogen-bond donors (Lipinski definition) is 1. The SMILES string of the molecule is Cc1cc(-n2ccnc2)ccc1CNC(C)c1ccc2c(c1)OCO2. The predicted octanol–water partition coefficient (Wildman–Crippen LogP) is 3.76. The third-order valence-corrected chi connectivity index (χ3v) is 4.62. The molecule has 0 bridgehead atoms. The zero-order valence-electron chi connectivity index (χ0n) is 14.4. The molecule has 0 radical (unpaired) electrons. The third kappa shape index (κ3) is 3.23. The second-order valence-electron chi connectivity index (χ2n) is 6.30. The maximum Gasteiger partial charge on any atom is 0.231 e. The van der Waals surface area contributed by atoms with Crippen molar-refractivity contribution in [2.45, 2.75) is 26.4 Å². The summed E-state index contributed by atoms with van der Waals surface area (Å²) in [6, 6.07) is 12.8. The van der Waals surface area contributed by atoms with Crippen LogP contribution in [0.2, 0.25) is 0 Å². The highest BCUT2D eigenvalue weighted by molar-refractivity contribution is 5.45. The largest absolute Gasteiger partial charge is 0.454 e. The Labute approximate surface area is 147 Å². The van der Waals surface area contributed by atoms with Crippen molar-refractivity contribution >= 4 is 0 Å². The number of aryl methyl sites for hydroxylation is 1. The topological polar surface area (TPSA) is 48.3 Å². The Kier molecular flexibility index (Phi) is 4.15. The summed E-state index contributed by atoms with van der Waals surface area (Å²) in [6.07, 6.45) is 5.56. The number of nitrogens with zero attached hydrogens (tertiary/aromatic N) is 2. The Morgan fingerprint density at radius 2 is 2.04 bits per heavy atom. The molecule has 1 N–H and O–H groups in total. The molecule has 0 amide bonds. The summed E-state index contributed by atoms with van der Waals surface area (Å²) in [4.78, 5) is 4.10. The second-order valence-corrected chi connectivity index (χ2v) is 6.30. The minimum atomic E-state index is 0.224. The van der Waals surface area contributed by atoms with Crippen molar-refractivity contribution < 1.29 is 9.47 Å². The van der Waals surface area contributed by atoms with Crippen LogP contribution in [0, 0.1) is 6.92 Å². The first-order valence-electron chi connectivity index (χ1n) is 8.41. The number of imidazole rings is 1. The van der Waals surface area contributed by atoms with Crippen molar-refractivity contribution in [3.63, 3.8) is 0 Å². The van der Waals surface area contributed by atoms with Gasteiger partial charge in [0.25, 0.3) is 0 Å². The maximum absolute atomic E-state index is 5.46. The monoisotopic (exact) mass is 335 g/mol. The van der Waals surface area contributed by atoms with Crippen molar-refractivity contribution in [2.75, 3.05) is 6.79 Å². The molecule has 1 aromatic heterocycles. The maximum atomic E-state index is 5.46. The summed E-state index contributed by atoms with van der Waals surface area (Å²) < 4.78 is 12.8. The number of fused-ring (bicyclic) bond motifs is 1. The highest BCUT2D eigenvalue weighted by atomic mass is 16.7. The van der Waals surface area contributed by atoms with E-state index in [4.69, 9.17) is 9.47 Å². The zero-order valence-corrected chi connectivity index (χ0v) is 14.4. The molecule has 0 saturated carbocycles. The van der Waals surface area contributed by atoms with Gasteiger partial charge in [0, 0.05) is 30.7 Å². The molecule has 5 nitrogen and oxygen atoms in total. The lowest BCUT2D eigenvalue weighted by atomic mass is 10.1. The van der Waals surface area contributed by atoms with E-state index in [1.54, 1.807) is 6.20 Å². The van der Waals surface area contributed by atoms with Crippen LogP contribution in [0.5, 0.6) is 11.5 Å². The van der Waals surface area contributed by atoms with Crippen molar-refractivity contribution in [3.05, 3.63) is 71.8 Å². The lowest BCUT2D eigenvalue weighted by molar-refractivity contribution is 0.174. The molecule has 1 aliphatic rings. The molecular weight excluding hydrogens is 314 g/mol. The predicted molar refractivity (Wildman–Crippen MR) is 96.1 cm³/mol. The molecular formula is C20H21N3O2. The highest BCUT2D eigenvalue weighted by Gasteiger charge is 2.15. The van der Waals surface area contributed by atoms with Crippen LogP contribution in [0.4, 0.5) is 0 Å². The summed E-state index contributed by atoms with van der Waals surface area (Å²) in [5.74, 6) is 1.65. The van der Waals surface area contributed by atoms with Crippen molar-refractivity contribution in [3.8, 4) is 17.2 Å². The van der Waals surface area contributed by atoms with E-state index in [1.165, 1.54) is 16.7 Å². The fraction of sp³-hybridized carbons (Fsp3) is 0.250. The smallest absolute Gasteiger partial charge is 0.231 e. The van der Waals surface area contributed by atoms with Crippen LogP contribution in [-0.4, -0.2) is 16.3 Å². The van der Waals surface area contributed by atoms with Crippen LogP contribution < -0.4 is 14.8 Å². The van der Waals surface area contributed by atoms with Gasteiger partial charge in [0.1, 0.15) is 0 Å². The van der Waals surface area contributed by atoms with Gasteiger partial charge in [0.2, 0.25) is 6.79 Å². The molecule has 3 aromatic rings. The standard InChI is InChI=1S/C20H21N3O2/c1-14-9-18(23-8-7-21-12-23)5-3-17(14)11-22-15(2)16-4-6-19-20(10-16)25-13-24-19/h3-10,12,15,22H,11,13H2,1-2H3. The van der Waals surface area contributed by atoms with Gasteiger partial charge in [-0.2, -0.15) is 0 Å². The Hall–Kier alpha value is -2.79. The quantitative estimate of drug-likeness (QED) is 0.771. The third-order valence-electron chi connectivity index (χ3n) is 4.62. The summed E-state index contributed by atoms with van der Waals surface area (Å²) in [5.41, 5.74) is 4.87. The van der Waals surface area contributed by atoms with Gasteiger partial charge >= 0.3 is 0 Å². The minimum absolute atomic E-state index is 0.224. The van der Waals surface area contributed by atoms with Gasteiger partial charge in [0.05, 0.1) is 6.33 Å². The minimum Gasteiger partial charge on any atom is -0.454 e.